The molecule has 0 aromatic heterocycles. The van der Waals surface area contributed by atoms with Gasteiger partial charge < -0.3 is 19.1 Å². The summed E-state index contributed by atoms with van der Waals surface area (Å²) >= 11 is 0. The molecule has 0 spiro atoms. The number of unbranched alkanes of at least 4 members (excludes halogenated alkanes) is 18. The van der Waals surface area contributed by atoms with Crippen LogP contribution in [0.5, 0.6) is 0 Å². The Morgan fingerprint density at radius 2 is 0.926 bits per heavy atom. The number of hydrogen-bond acceptors (Lipinski definition) is 8. The number of Topliss-reactive ketones (excluding diaryl/α,β-unsaturated/α-hetero) is 1. The fourth-order valence-electron chi connectivity index (χ4n) is 11.4. The Labute approximate surface area is 418 Å². The summed E-state index contributed by atoms with van der Waals surface area (Å²) in [4.78, 5) is 54.5. The van der Waals surface area contributed by atoms with Gasteiger partial charge in [0.15, 0.2) is 6.10 Å². The molecule has 8 atom stereocenters. The van der Waals surface area contributed by atoms with E-state index in [1.165, 1.54) is 141 Å². The first-order valence-electron chi connectivity index (χ1n) is 29.4. The molecular weight excluding hydrogens is 847 g/mol. The average molecular weight is 955 g/mol. The lowest BCUT2D eigenvalue weighted by Gasteiger charge is -2.24. The number of rotatable bonds is 46. The number of esters is 3. The summed E-state index contributed by atoms with van der Waals surface area (Å²) in [6.07, 6.45) is 46.2. The van der Waals surface area contributed by atoms with Gasteiger partial charge in [0.05, 0.1) is 0 Å². The highest BCUT2D eigenvalue weighted by atomic mass is 16.6. The van der Waals surface area contributed by atoms with Gasteiger partial charge in [0.1, 0.15) is 19.0 Å². The number of carbonyl (C=O) groups excluding carboxylic acids is 4. The number of hydrogen-bond donors (Lipinski definition) is 0. The van der Waals surface area contributed by atoms with Crippen LogP contribution in [0.2, 0.25) is 0 Å². The number of carbonyl (C=O) groups is 4. The van der Waals surface area contributed by atoms with Crippen molar-refractivity contribution in [2.24, 2.45) is 41.4 Å². The molecule has 0 radical (unpaired) electrons. The maximum absolute atomic E-state index is 13.4. The van der Waals surface area contributed by atoms with Crippen molar-refractivity contribution < 1.29 is 33.4 Å². The molecular formula is C60H107NO7. The van der Waals surface area contributed by atoms with Crippen molar-refractivity contribution in [3.05, 3.63) is 12.2 Å². The lowest BCUT2D eigenvalue weighted by atomic mass is 9.82. The third-order valence-corrected chi connectivity index (χ3v) is 16.0. The normalized spacial score (nSPS) is 22.5. The molecule has 3 rings (SSSR count). The van der Waals surface area contributed by atoms with Gasteiger partial charge in [-0.3, -0.25) is 19.2 Å². The van der Waals surface area contributed by atoms with Crippen LogP contribution in [-0.2, 0) is 33.4 Å². The number of ether oxygens (including phenoxy) is 3. The molecule has 0 heterocycles. The highest BCUT2D eigenvalue weighted by molar-refractivity contribution is 5.78. The minimum absolute atomic E-state index is 0.105. The standard InChI is InChI=1S/C60H107NO7/c1-6-9-12-14-18-25-32-49-43-51(49)34-27-20-16-22-29-38-58(63)66-47-56(68-59(64)39-30-23-17-21-28-35-52-44-50(52)33-26-19-15-13-10-7-2)48-67-60(65)46-54-41-40-53(57(54)37-24-11-8-3)45-55(62)36-31-42-61(4)5/h11,24,49-54,56-57H,6-10,12-23,25-48H2,1-5H3/b24-11-. The SMILES string of the molecule is CC/C=C\CC1C(CC(=O)CCCN(C)C)CCC1CC(=O)OCC(COC(=O)CCCCCCCC1CC1CCCCCCCC)OC(=O)CCCCCCCC1CC1CCCCCCCC. The second-order valence-electron chi connectivity index (χ2n) is 22.4. The number of ketones is 1. The molecule has 8 heteroatoms. The lowest BCUT2D eigenvalue weighted by molar-refractivity contribution is -0.167. The molecule has 3 aliphatic rings. The van der Waals surface area contributed by atoms with Crippen LogP contribution in [0.3, 0.4) is 0 Å². The molecule has 0 aromatic rings. The van der Waals surface area contributed by atoms with Gasteiger partial charge >= 0.3 is 17.9 Å². The minimum atomic E-state index is -0.829. The van der Waals surface area contributed by atoms with Crippen LogP contribution in [0.15, 0.2) is 12.2 Å². The van der Waals surface area contributed by atoms with Crippen molar-refractivity contribution in [3.8, 4) is 0 Å². The van der Waals surface area contributed by atoms with E-state index >= 15 is 0 Å². The van der Waals surface area contributed by atoms with Gasteiger partial charge in [-0.1, -0.05) is 187 Å². The fourth-order valence-corrected chi connectivity index (χ4v) is 11.4. The Balaban J connectivity index is 1.37. The second kappa shape index (κ2) is 38.5. The molecule has 3 saturated carbocycles. The quantitative estimate of drug-likeness (QED) is 0.0257. The maximum atomic E-state index is 13.4. The zero-order valence-corrected chi connectivity index (χ0v) is 45.1. The van der Waals surface area contributed by atoms with Gasteiger partial charge in [0, 0.05) is 32.1 Å². The Morgan fingerprint density at radius 3 is 1.41 bits per heavy atom. The lowest BCUT2D eigenvalue weighted by Crippen LogP contribution is -2.31. The van der Waals surface area contributed by atoms with Crippen molar-refractivity contribution in [2.75, 3.05) is 33.9 Å². The minimum Gasteiger partial charge on any atom is -0.462 e. The molecule has 8 unspecified atom stereocenters. The summed E-state index contributed by atoms with van der Waals surface area (Å²) in [7, 11) is 4.07. The highest BCUT2D eigenvalue weighted by Crippen LogP contribution is 2.47. The largest absolute Gasteiger partial charge is 0.462 e. The molecule has 3 fully saturated rings. The molecule has 0 aliphatic heterocycles. The van der Waals surface area contributed by atoms with Gasteiger partial charge in [-0.2, -0.15) is 0 Å². The average Bonchev–Trinajstić information content (AvgIpc) is 4.23. The van der Waals surface area contributed by atoms with Crippen LogP contribution in [0.25, 0.3) is 0 Å². The Kier molecular flexibility index (Phi) is 34.0. The zero-order chi connectivity index (χ0) is 49.0. The first-order chi connectivity index (χ1) is 33.1. The van der Waals surface area contributed by atoms with E-state index in [-0.39, 0.29) is 55.3 Å². The molecule has 0 saturated heterocycles. The first-order valence-corrected chi connectivity index (χ1v) is 29.4. The molecule has 8 nitrogen and oxygen atoms in total. The predicted molar refractivity (Wildman–Crippen MR) is 281 cm³/mol. The van der Waals surface area contributed by atoms with E-state index in [9.17, 15) is 19.2 Å². The van der Waals surface area contributed by atoms with E-state index in [4.69, 9.17) is 14.2 Å². The molecule has 0 bridgehead atoms. The molecule has 0 aromatic carbocycles. The van der Waals surface area contributed by atoms with Gasteiger partial charge in [-0.05, 0) is 120 Å². The molecule has 394 valence electrons. The van der Waals surface area contributed by atoms with Gasteiger partial charge in [-0.15, -0.1) is 0 Å². The monoisotopic (exact) mass is 954 g/mol. The maximum Gasteiger partial charge on any atom is 0.306 e. The van der Waals surface area contributed by atoms with E-state index < -0.39 is 6.10 Å². The highest BCUT2D eigenvalue weighted by Gasteiger charge is 2.38. The first kappa shape index (κ1) is 60.1. The van der Waals surface area contributed by atoms with E-state index in [0.29, 0.717) is 31.5 Å². The molecule has 0 N–H and O–H groups in total. The zero-order valence-electron chi connectivity index (χ0n) is 45.1. The summed E-state index contributed by atoms with van der Waals surface area (Å²) in [5.41, 5.74) is 0. The topological polar surface area (TPSA) is 99.2 Å². The van der Waals surface area contributed by atoms with Crippen molar-refractivity contribution in [2.45, 2.75) is 271 Å². The molecule has 0 amide bonds. The second-order valence-corrected chi connectivity index (χ2v) is 22.4. The Bertz CT molecular complexity index is 1350. The predicted octanol–water partition coefficient (Wildman–Crippen LogP) is 15.9. The third kappa shape index (κ3) is 29.8. The van der Waals surface area contributed by atoms with E-state index in [1.807, 2.05) is 14.1 Å². The summed E-state index contributed by atoms with van der Waals surface area (Å²) in [5.74, 6) is 3.93. The van der Waals surface area contributed by atoms with Crippen LogP contribution in [0.1, 0.15) is 265 Å². The molecule has 3 aliphatic carbocycles. The van der Waals surface area contributed by atoms with E-state index in [0.717, 1.165) is 101 Å². The van der Waals surface area contributed by atoms with Crippen molar-refractivity contribution in [1.29, 1.82) is 0 Å². The smallest absolute Gasteiger partial charge is 0.306 e. The van der Waals surface area contributed by atoms with Crippen LogP contribution < -0.4 is 0 Å². The van der Waals surface area contributed by atoms with Crippen LogP contribution in [-0.4, -0.2) is 68.5 Å². The van der Waals surface area contributed by atoms with E-state index in [2.05, 4.69) is 37.8 Å². The van der Waals surface area contributed by atoms with Gasteiger partial charge in [0.2, 0.25) is 0 Å². The Morgan fingerprint density at radius 1 is 0.485 bits per heavy atom. The Hall–Kier alpha value is -2.22. The van der Waals surface area contributed by atoms with Gasteiger partial charge in [0.25, 0.3) is 0 Å². The van der Waals surface area contributed by atoms with Crippen LogP contribution in [0.4, 0.5) is 0 Å². The summed E-state index contributed by atoms with van der Waals surface area (Å²) < 4.78 is 17.3. The number of allylic oxidation sites excluding steroid dienone is 2. The van der Waals surface area contributed by atoms with Gasteiger partial charge in [-0.25, -0.2) is 0 Å². The fraction of sp³-hybridized carbons (Fsp3) is 0.900. The van der Waals surface area contributed by atoms with Crippen molar-refractivity contribution in [3.63, 3.8) is 0 Å². The summed E-state index contributed by atoms with van der Waals surface area (Å²) in [5, 5.41) is 0. The van der Waals surface area contributed by atoms with Crippen LogP contribution >= 0.6 is 0 Å². The number of nitrogens with zero attached hydrogens (tertiary/aromatic N) is 1. The third-order valence-electron chi connectivity index (χ3n) is 16.0. The van der Waals surface area contributed by atoms with Crippen LogP contribution in [0, 0.1) is 41.4 Å². The van der Waals surface area contributed by atoms with E-state index in [1.54, 1.807) is 0 Å². The van der Waals surface area contributed by atoms with Crippen molar-refractivity contribution in [1.82, 2.24) is 4.90 Å². The van der Waals surface area contributed by atoms with Crippen molar-refractivity contribution >= 4 is 23.7 Å². The summed E-state index contributed by atoms with van der Waals surface area (Å²) in [6, 6.07) is 0. The summed E-state index contributed by atoms with van der Waals surface area (Å²) in [6.45, 7) is 7.36. The molecule has 68 heavy (non-hydrogen) atoms.